The molecule has 12 nitrogen and oxygen atoms in total. The average Bonchev–Trinajstić information content (AvgIpc) is 3.18. The second-order valence-corrected chi connectivity index (χ2v) is 14.4. The lowest BCUT2D eigenvalue weighted by atomic mass is 9.85. The molecule has 6 N–H and O–H groups in total. The van der Waals surface area contributed by atoms with Crippen molar-refractivity contribution < 1.29 is 58.3 Å². The van der Waals surface area contributed by atoms with E-state index in [0.29, 0.717) is 19.3 Å². The molecule has 0 aromatic heterocycles. The van der Waals surface area contributed by atoms with Crippen LogP contribution in [0.2, 0.25) is 0 Å². The molecule has 6 atom stereocenters. The zero-order valence-electron chi connectivity index (χ0n) is 33.1. The van der Waals surface area contributed by atoms with Gasteiger partial charge in [0.1, 0.15) is 42.7 Å². The van der Waals surface area contributed by atoms with Gasteiger partial charge in [0.25, 0.3) is 0 Å². The lowest BCUT2D eigenvalue weighted by Gasteiger charge is -2.41. The molecular formula is C43H67O12P. The number of carbonyl (C=O) groups is 1. The highest BCUT2D eigenvalue weighted by Gasteiger charge is 2.51. The van der Waals surface area contributed by atoms with Gasteiger partial charge in [-0.25, -0.2) is 4.57 Å². The van der Waals surface area contributed by atoms with Gasteiger partial charge in [0.15, 0.2) is 0 Å². The first kappa shape index (κ1) is 51.0. The average molecular weight is 807 g/mol. The van der Waals surface area contributed by atoms with E-state index in [2.05, 4.69) is 92.8 Å². The van der Waals surface area contributed by atoms with Gasteiger partial charge in [0, 0.05) is 6.42 Å². The second kappa shape index (κ2) is 33.0. The number of aliphatic hydroxyl groups is 5. The Labute approximate surface area is 334 Å². The zero-order valence-corrected chi connectivity index (χ0v) is 34.0. The molecule has 0 aromatic carbocycles. The summed E-state index contributed by atoms with van der Waals surface area (Å²) in [6.07, 6.45) is 33.5. The molecular weight excluding hydrogens is 739 g/mol. The number of carbonyl (C=O) groups excluding carboxylic acids is 1. The Balaban J connectivity index is 2.59. The Hall–Kier alpha value is -3.00. The van der Waals surface area contributed by atoms with Crippen LogP contribution in [0.1, 0.15) is 90.9 Å². The highest BCUT2D eigenvalue weighted by Crippen LogP contribution is 2.47. The van der Waals surface area contributed by atoms with E-state index in [-0.39, 0.29) is 19.6 Å². The number of ether oxygens (including phenoxy) is 2. The predicted molar refractivity (Wildman–Crippen MR) is 220 cm³/mol. The molecule has 1 rings (SSSR count). The molecule has 1 saturated carbocycles. The van der Waals surface area contributed by atoms with Gasteiger partial charge in [0.05, 0.1) is 19.8 Å². The lowest BCUT2D eigenvalue weighted by molar-refractivity contribution is -0.220. The number of phosphoric acid groups is 1. The summed E-state index contributed by atoms with van der Waals surface area (Å²) in [5.41, 5.74) is 0. The van der Waals surface area contributed by atoms with Crippen LogP contribution in [0.4, 0.5) is 0 Å². The fourth-order valence-electron chi connectivity index (χ4n) is 5.08. The van der Waals surface area contributed by atoms with Gasteiger partial charge >= 0.3 is 13.8 Å². The van der Waals surface area contributed by atoms with Crippen molar-refractivity contribution in [2.75, 3.05) is 19.8 Å². The van der Waals surface area contributed by atoms with Crippen molar-refractivity contribution in [1.29, 1.82) is 0 Å². The van der Waals surface area contributed by atoms with Gasteiger partial charge in [-0.15, -0.1) is 0 Å². The first-order valence-electron chi connectivity index (χ1n) is 19.7. The number of allylic oxidation sites excluding steroid dienone is 17. The molecule has 0 aliphatic heterocycles. The maximum absolute atomic E-state index is 12.7. The van der Waals surface area contributed by atoms with E-state index in [0.717, 1.165) is 51.4 Å². The van der Waals surface area contributed by atoms with Crippen LogP contribution in [0.25, 0.3) is 0 Å². The van der Waals surface area contributed by atoms with Gasteiger partial charge in [-0.2, -0.15) is 0 Å². The van der Waals surface area contributed by atoms with Crippen LogP contribution < -0.4 is 0 Å². The third-order valence-corrected chi connectivity index (χ3v) is 9.16. The van der Waals surface area contributed by atoms with Crippen LogP contribution >= 0.6 is 7.82 Å². The summed E-state index contributed by atoms with van der Waals surface area (Å²) in [5, 5.41) is 50.0. The van der Waals surface area contributed by atoms with Crippen LogP contribution in [0.15, 0.2) is 109 Å². The lowest BCUT2D eigenvalue weighted by Crippen LogP contribution is -2.64. The van der Waals surface area contributed by atoms with Gasteiger partial charge < -0.3 is 39.9 Å². The van der Waals surface area contributed by atoms with Crippen molar-refractivity contribution in [3.63, 3.8) is 0 Å². The van der Waals surface area contributed by atoms with E-state index in [1.165, 1.54) is 0 Å². The number of hydrogen-bond acceptors (Lipinski definition) is 11. The summed E-state index contributed by atoms with van der Waals surface area (Å²) in [4.78, 5) is 23.0. The zero-order chi connectivity index (χ0) is 41.3. The summed E-state index contributed by atoms with van der Waals surface area (Å²) in [5.74, 6) is -0.588. The molecule has 56 heavy (non-hydrogen) atoms. The van der Waals surface area contributed by atoms with Crippen LogP contribution in [-0.4, -0.2) is 98.9 Å². The first-order chi connectivity index (χ1) is 27.0. The van der Waals surface area contributed by atoms with Gasteiger partial charge in [0.2, 0.25) is 0 Å². The van der Waals surface area contributed by atoms with E-state index >= 15 is 0 Å². The Morgan fingerprint density at radius 2 is 0.929 bits per heavy atom. The minimum atomic E-state index is -5.06. The van der Waals surface area contributed by atoms with Gasteiger partial charge in [-0.3, -0.25) is 13.8 Å². The molecule has 1 aliphatic carbocycles. The quantitative estimate of drug-likeness (QED) is 0.0190. The fraction of sp³-hybridized carbons (Fsp3) is 0.558. The topological polar surface area (TPSA) is 192 Å². The highest BCUT2D eigenvalue weighted by molar-refractivity contribution is 7.47. The van der Waals surface area contributed by atoms with Crippen LogP contribution in [-0.2, 0) is 27.9 Å². The molecule has 0 radical (unpaired) electrons. The monoisotopic (exact) mass is 806 g/mol. The standard InChI is InChI=1S/C43H67O12P/c1-3-5-7-9-11-13-15-17-18-19-21-23-25-27-29-31-33-52-34-36(35-53-56(50,51)55-43-41(48)39(46)38(45)40(47)42(43)49)54-37(44)32-30-28-26-24-22-20-16-14-12-10-8-6-4-2/h5-8,11-14,17-18,20-23,26-29,36,38-43,45-49H,3-4,9-10,15-16,19,24-25,30-35H2,1-2H3,(H,50,51)/b7-5-,8-6-,13-11-,14-12-,18-17-,22-20-,23-21-,28-26-,29-27-. The number of rotatable bonds is 30. The summed E-state index contributed by atoms with van der Waals surface area (Å²) >= 11 is 0. The van der Waals surface area contributed by atoms with Crippen molar-refractivity contribution in [3.05, 3.63) is 109 Å². The smallest absolute Gasteiger partial charge is 0.457 e. The van der Waals surface area contributed by atoms with E-state index in [1.807, 2.05) is 30.4 Å². The Morgan fingerprint density at radius 3 is 1.36 bits per heavy atom. The van der Waals surface area contributed by atoms with Crippen LogP contribution in [0, 0.1) is 0 Å². The van der Waals surface area contributed by atoms with E-state index < -0.39 is 63.1 Å². The second-order valence-electron chi connectivity index (χ2n) is 13.0. The van der Waals surface area contributed by atoms with Crippen molar-refractivity contribution in [2.45, 2.75) is 134 Å². The Morgan fingerprint density at radius 1 is 0.554 bits per heavy atom. The van der Waals surface area contributed by atoms with Crippen molar-refractivity contribution >= 4 is 13.8 Å². The van der Waals surface area contributed by atoms with Crippen LogP contribution in [0.5, 0.6) is 0 Å². The van der Waals surface area contributed by atoms with Gasteiger partial charge in [-0.05, 0) is 70.6 Å². The van der Waals surface area contributed by atoms with Crippen molar-refractivity contribution in [3.8, 4) is 0 Å². The van der Waals surface area contributed by atoms with E-state index in [1.54, 1.807) is 0 Å². The SMILES string of the molecule is CC/C=C\C/C=C\C/C=C\C/C=C\C/C=C\CCOCC(COP(=O)(O)OC1C(O)C(O)C(O)C(O)C1O)OC(=O)CC/C=C\C/C=C\C/C=C\C/C=C\CC. The minimum Gasteiger partial charge on any atom is -0.457 e. The maximum Gasteiger partial charge on any atom is 0.472 e. The predicted octanol–water partition coefficient (Wildman–Crippen LogP) is 6.96. The number of phosphoric ester groups is 1. The Kier molecular flexibility index (Phi) is 30.1. The van der Waals surface area contributed by atoms with E-state index in [4.69, 9.17) is 18.5 Å². The van der Waals surface area contributed by atoms with Crippen molar-refractivity contribution in [1.82, 2.24) is 0 Å². The third kappa shape index (κ3) is 25.3. The first-order valence-corrected chi connectivity index (χ1v) is 21.2. The number of hydrogen-bond donors (Lipinski definition) is 6. The molecule has 316 valence electrons. The summed E-state index contributed by atoms with van der Waals surface area (Å²) in [6, 6.07) is 0. The van der Waals surface area contributed by atoms with Crippen LogP contribution in [0.3, 0.4) is 0 Å². The minimum absolute atomic E-state index is 0.0383. The molecule has 1 fully saturated rings. The maximum atomic E-state index is 12.7. The summed E-state index contributed by atoms with van der Waals surface area (Å²) in [7, 11) is -5.06. The highest BCUT2D eigenvalue weighted by atomic mass is 31.2. The molecule has 13 heteroatoms. The van der Waals surface area contributed by atoms with Crippen molar-refractivity contribution in [2.24, 2.45) is 0 Å². The molecule has 0 aromatic rings. The summed E-state index contributed by atoms with van der Waals surface area (Å²) < 4.78 is 33.8. The fourth-order valence-corrected chi connectivity index (χ4v) is 6.05. The number of esters is 1. The van der Waals surface area contributed by atoms with Gasteiger partial charge in [-0.1, -0.05) is 123 Å². The molecule has 0 amide bonds. The largest absolute Gasteiger partial charge is 0.472 e. The molecule has 0 bridgehead atoms. The Bertz CT molecular complexity index is 1330. The summed E-state index contributed by atoms with van der Waals surface area (Å²) in [6.45, 7) is 3.68. The molecule has 1 aliphatic rings. The van der Waals surface area contributed by atoms with E-state index in [9.17, 15) is 39.8 Å². The molecule has 0 heterocycles. The molecule has 6 unspecified atom stereocenters. The molecule has 0 spiro atoms. The third-order valence-electron chi connectivity index (χ3n) is 8.17. The normalized spacial score (nSPS) is 24.2. The number of aliphatic hydroxyl groups excluding tert-OH is 5. The molecule has 0 saturated heterocycles.